The van der Waals surface area contributed by atoms with Crippen LogP contribution in [0.4, 0.5) is 10.8 Å². The van der Waals surface area contributed by atoms with Crippen LogP contribution in [0.1, 0.15) is 6.92 Å². The topological polar surface area (TPSA) is 180 Å². The highest BCUT2D eigenvalue weighted by atomic mass is 32.1. The average Bonchev–Trinajstić information content (AvgIpc) is 3.16. The lowest BCUT2D eigenvalue weighted by Gasteiger charge is -2.42. The van der Waals surface area contributed by atoms with E-state index in [1.165, 1.54) is 19.1 Å². The second-order valence-corrected chi connectivity index (χ2v) is 7.32. The normalized spacial score (nSPS) is 26.7. The minimum absolute atomic E-state index is 0.0482. The van der Waals surface area contributed by atoms with Crippen molar-refractivity contribution in [1.29, 1.82) is 0 Å². The molecule has 5 N–H and O–H groups in total. The number of nitro groups is 1. The van der Waals surface area contributed by atoms with Crippen LogP contribution in [0.3, 0.4) is 0 Å². The number of benzene rings is 1. The number of nitrogens with zero attached hydrogens (tertiary/aromatic N) is 3. The zero-order chi connectivity index (χ0) is 21.1. The van der Waals surface area contributed by atoms with Crippen molar-refractivity contribution in [2.75, 3.05) is 11.9 Å². The number of aliphatic hydroxyl groups is 3. The molecule has 1 aromatic heterocycles. The van der Waals surface area contributed by atoms with Crippen molar-refractivity contribution in [3.05, 3.63) is 34.4 Å². The summed E-state index contributed by atoms with van der Waals surface area (Å²) in [6, 6.07) is 4.79. The average molecular weight is 425 g/mol. The molecular formula is C16H19N5O7S. The lowest BCUT2D eigenvalue weighted by Crippen LogP contribution is -2.65. The van der Waals surface area contributed by atoms with Crippen molar-refractivity contribution in [2.45, 2.75) is 37.5 Å². The fraction of sp³-hybridized carbons (Fsp3) is 0.438. The third kappa shape index (κ3) is 4.65. The Morgan fingerprint density at radius 2 is 1.97 bits per heavy atom. The molecule has 29 heavy (non-hydrogen) atoms. The van der Waals surface area contributed by atoms with Crippen LogP contribution in [-0.2, 0) is 9.53 Å². The van der Waals surface area contributed by atoms with Crippen molar-refractivity contribution in [1.82, 2.24) is 15.5 Å². The number of nitro benzene ring substituents is 1. The van der Waals surface area contributed by atoms with Gasteiger partial charge in [0.25, 0.3) is 5.69 Å². The molecular weight excluding hydrogens is 406 g/mol. The van der Waals surface area contributed by atoms with Crippen molar-refractivity contribution in [3.63, 3.8) is 0 Å². The largest absolute Gasteiger partial charge is 0.394 e. The Kier molecular flexibility index (Phi) is 6.34. The Labute approximate surface area is 168 Å². The maximum Gasteiger partial charge on any atom is 0.269 e. The molecule has 1 fully saturated rings. The fourth-order valence-corrected chi connectivity index (χ4v) is 3.66. The predicted octanol–water partition coefficient (Wildman–Crippen LogP) is -0.531. The van der Waals surface area contributed by atoms with Gasteiger partial charge in [-0.15, -0.1) is 10.2 Å². The first-order valence-electron chi connectivity index (χ1n) is 8.54. The van der Waals surface area contributed by atoms with E-state index in [1.807, 2.05) is 0 Å². The summed E-state index contributed by atoms with van der Waals surface area (Å²) in [6.45, 7) is 0.722. The summed E-state index contributed by atoms with van der Waals surface area (Å²) >= 11 is 1.12. The van der Waals surface area contributed by atoms with Crippen LogP contribution in [0, 0.1) is 10.1 Å². The second-order valence-electron chi connectivity index (χ2n) is 6.35. The molecule has 2 aromatic rings. The number of ether oxygens (including phenoxy) is 1. The van der Waals surface area contributed by atoms with Gasteiger partial charge in [0, 0.05) is 24.6 Å². The minimum atomic E-state index is -1.39. The highest BCUT2D eigenvalue weighted by molar-refractivity contribution is 7.18. The molecule has 1 saturated heterocycles. The molecule has 0 spiro atoms. The number of carbonyl (C=O) groups excluding carboxylic acids is 1. The van der Waals surface area contributed by atoms with Gasteiger partial charge in [-0.2, -0.15) is 0 Å². The van der Waals surface area contributed by atoms with Crippen molar-refractivity contribution >= 4 is 28.1 Å². The van der Waals surface area contributed by atoms with Gasteiger partial charge in [0.15, 0.2) is 6.23 Å². The Bertz CT molecular complexity index is 877. The van der Waals surface area contributed by atoms with E-state index in [1.54, 1.807) is 12.1 Å². The Morgan fingerprint density at radius 1 is 1.28 bits per heavy atom. The minimum Gasteiger partial charge on any atom is -0.394 e. The molecule has 3 rings (SSSR count). The molecule has 1 amide bonds. The van der Waals surface area contributed by atoms with Gasteiger partial charge in [0.1, 0.15) is 29.4 Å². The summed E-state index contributed by atoms with van der Waals surface area (Å²) in [4.78, 5) is 21.7. The predicted molar refractivity (Wildman–Crippen MR) is 101 cm³/mol. The summed E-state index contributed by atoms with van der Waals surface area (Å²) in [5.41, 5.74) is 0.570. The maximum atomic E-state index is 11.5. The van der Waals surface area contributed by atoms with E-state index >= 15 is 0 Å². The number of rotatable bonds is 6. The summed E-state index contributed by atoms with van der Waals surface area (Å²) in [7, 11) is 0. The van der Waals surface area contributed by atoms with E-state index in [0.29, 0.717) is 15.7 Å². The molecule has 1 aromatic carbocycles. The molecule has 0 radical (unpaired) electrons. The number of carbonyl (C=O) groups is 1. The number of aliphatic hydroxyl groups excluding tert-OH is 3. The monoisotopic (exact) mass is 425 g/mol. The summed E-state index contributed by atoms with van der Waals surface area (Å²) < 4.78 is 5.57. The third-order valence-electron chi connectivity index (χ3n) is 4.31. The van der Waals surface area contributed by atoms with Gasteiger partial charge in [-0.1, -0.05) is 11.3 Å². The molecule has 0 bridgehead atoms. The smallest absolute Gasteiger partial charge is 0.269 e. The molecule has 0 unspecified atom stereocenters. The highest BCUT2D eigenvalue weighted by Gasteiger charge is 2.45. The Hall–Kier alpha value is -2.71. The highest BCUT2D eigenvalue weighted by Crippen LogP contribution is 2.30. The first-order valence-corrected chi connectivity index (χ1v) is 9.36. The van der Waals surface area contributed by atoms with E-state index in [9.17, 15) is 30.2 Å². The number of nitrogens with one attached hydrogen (secondary N) is 2. The molecule has 1 aliphatic heterocycles. The first-order chi connectivity index (χ1) is 13.8. The van der Waals surface area contributed by atoms with Gasteiger partial charge in [-0.25, -0.2) is 0 Å². The van der Waals surface area contributed by atoms with Gasteiger partial charge < -0.3 is 30.7 Å². The Morgan fingerprint density at radius 3 is 2.55 bits per heavy atom. The summed E-state index contributed by atoms with van der Waals surface area (Å²) in [5.74, 6) is -0.442. The van der Waals surface area contributed by atoms with Gasteiger partial charge in [-0.3, -0.25) is 14.9 Å². The van der Waals surface area contributed by atoms with Gasteiger partial charge in [-0.05, 0) is 12.1 Å². The second kappa shape index (κ2) is 8.75. The summed E-state index contributed by atoms with van der Waals surface area (Å²) in [6.07, 6.45) is -4.83. The van der Waals surface area contributed by atoms with Crippen molar-refractivity contribution in [2.24, 2.45) is 0 Å². The van der Waals surface area contributed by atoms with Crippen LogP contribution < -0.4 is 10.6 Å². The van der Waals surface area contributed by atoms with Gasteiger partial charge >= 0.3 is 0 Å². The van der Waals surface area contributed by atoms with Crippen LogP contribution in [-0.4, -0.2) is 73.5 Å². The van der Waals surface area contributed by atoms with Crippen LogP contribution in [0.2, 0.25) is 0 Å². The fourth-order valence-electron chi connectivity index (χ4n) is 2.88. The Balaban J connectivity index is 1.78. The lowest BCUT2D eigenvalue weighted by atomic mass is 9.96. The number of hydrogen-bond acceptors (Lipinski definition) is 11. The zero-order valence-corrected chi connectivity index (χ0v) is 15.9. The standard InChI is InChI=1S/C16H19N5O7S/c1-7(23)17-11-13(25)12(24)10(6-22)28-14(11)18-16-20-19-15(29-16)8-2-4-9(5-3-8)21(26)27/h2-5,10-14,22,24-25H,6H2,1H3,(H,17,23)(H,18,20)/t10-,11-,12-,13-,14-/m1/s1. The number of anilines is 1. The molecule has 2 heterocycles. The van der Waals surface area contributed by atoms with Crippen LogP contribution in [0.15, 0.2) is 24.3 Å². The van der Waals surface area contributed by atoms with E-state index in [-0.39, 0.29) is 5.69 Å². The van der Waals surface area contributed by atoms with Gasteiger partial charge in [0.05, 0.1) is 11.5 Å². The lowest BCUT2D eigenvalue weighted by molar-refractivity contribution is -0.384. The number of amides is 1. The van der Waals surface area contributed by atoms with Crippen molar-refractivity contribution < 1.29 is 29.8 Å². The first kappa shape index (κ1) is 21.0. The van der Waals surface area contributed by atoms with Crippen LogP contribution in [0.25, 0.3) is 10.6 Å². The summed E-state index contributed by atoms with van der Waals surface area (Å²) in [5, 5.41) is 54.6. The van der Waals surface area contributed by atoms with E-state index < -0.39 is 48.0 Å². The van der Waals surface area contributed by atoms with Crippen LogP contribution in [0.5, 0.6) is 0 Å². The van der Waals surface area contributed by atoms with Crippen LogP contribution >= 0.6 is 11.3 Å². The van der Waals surface area contributed by atoms with E-state index in [4.69, 9.17) is 4.74 Å². The maximum absolute atomic E-state index is 11.5. The molecule has 13 heteroatoms. The molecule has 0 saturated carbocycles. The molecule has 1 aliphatic rings. The number of aromatic nitrogens is 2. The number of hydrogen-bond donors (Lipinski definition) is 5. The van der Waals surface area contributed by atoms with E-state index in [2.05, 4.69) is 20.8 Å². The quantitative estimate of drug-likeness (QED) is 0.298. The SMILES string of the molecule is CC(=O)N[C@@H]1[C@@H](O)[C@H](O)[C@@H](CO)O[C@H]1Nc1nnc(-c2ccc([N+](=O)[O-])cc2)s1. The van der Waals surface area contributed by atoms with Crippen molar-refractivity contribution in [3.8, 4) is 10.6 Å². The molecule has 5 atom stereocenters. The van der Waals surface area contributed by atoms with Gasteiger partial charge in [0.2, 0.25) is 11.0 Å². The molecule has 0 aliphatic carbocycles. The third-order valence-corrected chi connectivity index (χ3v) is 5.22. The molecule has 12 nitrogen and oxygen atoms in total. The number of non-ortho nitro benzene ring substituents is 1. The van der Waals surface area contributed by atoms with E-state index in [0.717, 1.165) is 11.3 Å². The molecule has 156 valence electrons. The zero-order valence-electron chi connectivity index (χ0n) is 15.1.